The van der Waals surface area contributed by atoms with E-state index in [4.69, 9.17) is 4.42 Å². The van der Waals surface area contributed by atoms with Gasteiger partial charge in [0.2, 0.25) is 11.8 Å². The minimum atomic E-state index is -1.14. The first-order valence-electron chi connectivity index (χ1n) is 9.43. The Kier molecular flexibility index (Phi) is 6.23. The summed E-state index contributed by atoms with van der Waals surface area (Å²) in [6.07, 6.45) is 0. The molecule has 28 heavy (non-hydrogen) atoms. The molecule has 0 fully saturated rings. The van der Waals surface area contributed by atoms with Gasteiger partial charge in [-0.25, -0.2) is 0 Å². The van der Waals surface area contributed by atoms with E-state index in [1.54, 1.807) is 0 Å². The smallest absolute Gasteiger partial charge is 0.248 e. The van der Waals surface area contributed by atoms with Crippen LogP contribution in [0.1, 0.15) is 46.2 Å². The highest BCUT2D eigenvalue weighted by Gasteiger charge is 2.31. The fourth-order valence-electron chi connectivity index (χ4n) is 2.75. The van der Waals surface area contributed by atoms with Crippen LogP contribution >= 0.6 is 0 Å². The molecule has 0 saturated carbocycles. The number of hydrogen-bond acceptors (Lipinski definition) is 5. The van der Waals surface area contributed by atoms with Gasteiger partial charge in [0.15, 0.2) is 0 Å². The fourth-order valence-corrected chi connectivity index (χ4v) is 3.74. The van der Waals surface area contributed by atoms with E-state index in [0.29, 0.717) is 17.7 Å². The zero-order valence-electron chi connectivity index (χ0n) is 17.0. The molecule has 0 radical (unpaired) electrons. The summed E-state index contributed by atoms with van der Waals surface area (Å²) in [4.78, 5) is 0. The van der Waals surface area contributed by atoms with Crippen LogP contribution < -0.4 is 4.72 Å². The van der Waals surface area contributed by atoms with Gasteiger partial charge in [-0.1, -0.05) is 44.2 Å². The Bertz CT molecular complexity index is 886. The summed E-state index contributed by atoms with van der Waals surface area (Å²) in [5.74, 6) is 1.28. The lowest BCUT2D eigenvalue weighted by atomic mass is 9.96. The second-order valence-electron chi connectivity index (χ2n) is 8.12. The molecule has 0 amide bonds. The Morgan fingerprint density at radius 3 is 1.93 bits per heavy atom. The molecule has 1 aromatic heterocycles. The van der Waals surface area contributed by atoms with Gasteiger partial charge in [0, 0.05) is 22.5 Å². The Morgan fingerprint density at radius 2 is 1.43 bits per heavy atom. The molecule has 2 aromatic carbocycles. The molecule has 0 bridgehead atoms. The molecule has 0 spiro atoms. The quantitative estimate of drug-likeness (QED) is 0.582. The van der Waals surface area contributed by atoms with E-state index in [0.717, 1.165) is 16.7 Å². The number of nitrogens with zero attached hydrogens (tertiary/aromatic N) is 2. The lowest BCUT2D eigenvalue weighted by Crippen LogP contribution is -2.42. The van der Waals surface area contributed by atoms with Crippen LogP contribution in [0.2, 0.25) is 0 Å². The maximum absolute atomic E-state index is 12.5. The van der Waals surface area contributed by atoms with Crippen molar-refractivity contribution in [2.75, 3.05) is 0 Å². The summed E-state index contributed by atoms with van der Waals surface area (Å²) in [7, 11) is 0. The Hall–Kier alpha value is -2.15. The molecule has 1 N–H and O–H groups in total. The summed E-state index contributed by atoms with van der Waals surface area (Å²) >= 11 is -1.14. The largest absolute Gasteiger partial charge is 0.598 e. The van der Waals surface area contributed by atoms with Crippen LogP contribution in [-0.2, 0) is 11.4 Å². The van der Waals surface area contributed by atoms with Crippen molar-refractivity contribution in [2.45, 2.75) is 45.4 Å². The summed E-state index contributed by atoms with van der Waals surface area (Å²) in [6.45, 7) is 10.1. The third kappa shape index (κ3) is 4.82. The number of rotatable bonds is 6. The Labute approximate surface area is 169 Å². The highest BCUT2D eigenvalue weighted by molar-refractivity contribution is 7.90. The molecule has 0 aliphatic carbocycles. The topological polar surface area (TPSA) is 74.0 Å². The predicted molar refractivity (Wildman–Crippen MR) is 114 cm³/mol. The number of aromatic nitrogens is 2. The van der Waals surface area contributed by atoms with Gasteiger partial charge in [-0.15, -0.1) is 14.9 Å². The van der Waals surface area contributed by atoms with Crippen LogP contribution in [-0.4, -0.2) is 19.5 Å². The van der Waals surface area contributed by atoms with Crippen molar-refractivity contribution in [3.8, 4) is 22.9 Å². The first-order valence-corrected chi connectivity index (χ1v) is 10.6. The van der Waals surface area contributed by atoms with Crippen molar-refractivity contribution in [3.05, 3.63) is 60.2 Å². The van der Waals surface area contributed by atoms with Crippen molar-refractivity contribution in [1.29, 1.82) is 0 Å². The van der Waals surface area contributed by atoms with Gasteiger partial charge in [0.25, 0.3) is 0 Å². The van der Waals surface area contributed by atoms with Crippen molar-refractivity contribution in [2.24, 2.45) is 5.92 Å². The van der Waals surface area contributed by atoms with E-state index in [-0.39, 0.29) is 10.8 Å². The number of nitrogens with one attached hydrogen (secondary N) is 1. The van der Waals surface area contributed by atoms with Crippen LogP contribution in [0.4, 0.5) is 0 Å². The number of benzene rings is 2. The fraction of sp³-hybridized carbons (Fsp3) is 0.364. The average molecular weight is 398 g/mol. The van der Waals surface area contributed by atoms with E-state index in [9.17, 15) is 4.55 Å². The molecular weight excluding hydrogens is 370 g/mol. The van der Waals surface area contributed by atoms with Crippen molar-refractivity contribution >= 4 is 11.4 Å². The van der Waals surface area contributed by atoms with Crippen LogP contribution in [0.3, 0.4) is 0 Å². The summed E-state index contributed by atoms with van der Waals surface area (Å²) in [5.41, 5.74) is 2.84. The third-order valence-corrected chi connectivity index (χ3v) is 6.00. The summed E-state index contributed by atoms with van der Waals surface area (Å²) < 4.78 is 21.3. The third-order valence-electron chi connectivity index (χ3n) is 4.42. The number of hydrogen-bond donors (Lipinski definition) is 1. The monoisotopic (exact) mass is 397 g/mol. The minimum absolute atomic E-state index is 0.00308. The molecule has 3 aromatic rings. The van der Waals surface area contributed by atoms with E-state index >= 15 is 0 Å². The molecule has 3 rings (SSSR count). The summed E-state index contributed by atoms with van der Waals surface area (Å²) in [5, 5.41) is 8.32. The Balaban J connectivity index is 1.79. The molecule has 0 saturated heterocycles. The Morgan fingerprint density at radius 1 is 0.893 bits per heavy atom. The standard InChI is InChI=1S/C22H27N3O2S/c1-15(2)19(25-28(26)22(3,4)5)16-11-13-18(14-12-16)21-24-23-20(27-21)17-9-7-6-8-10-17/h6-15,19,25H,1-5H3/t19-,28?/m0/s1. The van der Waals surface area contributed by atoms with Gasteiger partial charge < -0.3 is 8.97 Å². The van der Waals surface area contributed by atoms with Gasteiger partial charge in [-0.05, 0) is 56.5 Å². The molecule has 1 unspecified atom stereocenters. The molecule has 2 atom stereocenters. The molecule has 1 heterocycles. The van der Waals surface area contributed by atoms with Gasteiger partial charge in [-0.2, -0.15) is 0 Å². The zero-order chi connectivity index (χ0) is 20.3. The molecule has 148 valence electrons. The normalized spacial score (nSPS) is 14.2. The lowest BCUT2D eigenvalue weighted by molar-refractivity contribution is 0.452. The maximum Gasteiger partial charge on any atom is 0.248 e. The van der Waals surface area contributed by atoms with Crippen LogP contribution in [0.5, 0.6) is 0 Å². The highest BCUT2D eigenvalue weighted by Crippen LogP contribution is 2.29. The second kappa shape index (κ2) is 8.47. The van der Waals surface area contributed by atoms with E-state index in [1.165, 1.54) is 0 Å². The molecule has 0 aliphatic rings. The first kappa shape index (κ1) is 20.6. The molecule has 0 aliphatic heterocycles. The lowest BCUT2D eigenvalue weighted by Gasteiger charge is -2.30. The highest BCUT2D eigenvalue weighted by atomic mass is 32.2. The minimum Gasteiger partial charge on any atom is -0.598 e. The van der Waals surface area contributed by atoms with Crippen molar-refractivity contribution in [3.63, 3.8) is 0 Å². The van der Waals surface area contributed by atoms with Crippen LogP contribution in [0, 0.1) is 5.92 Å². The van der Waals surface area contributed by atoms with Gasteiger partial charge in [0.1, 0.15) is 4.75 Å². The van der Waals surface area contributed by atoms with Gasteiger partial charge >= 0.3 is 0 Å². The second-order valence-corrected chi connectivity index (χ2v) is 10.1. The van der Waals surface area contributed by atoms with Crippen LogP contribution in [0.15, 0.2) is 59.0 Å². The van der Waals surface area contributed by atoms with Crippen molar-refractivity contribution in [1.82, 2.24) is 14.9 Å². The van der Waals surface area contributed by atoms with E-state index in [1.807, 2.05) is 75.4 Å². The van der Waals surface area contributed by atoms with E-state index < -0.39 is 11.4 Å². The molecule has 6 heteroatoms. The van der Waals surface area contributed by atoms with Gasteiger partial charge in [0.05, 0.1) is 6.04 Å². The maximum atomic E-state index is 12.5. The molecule has 5 nitrogen and oxygen atoms in total. The van der Waals surface area contributed by atoms with Crippen molar-refractivity contribution < 1.29 is 8.97 Å². The summed E-state index contributed by atoms with van der Waals surface area (Å²) in [6, 6.07) is 17.7. The SMILES string of the molecule is CC(C)[C@H](N[S+]([O-])C(C)(C)C)c1ccc(-c2nnc(-c3ccccc3)o2)cc1. The molecular formula is C22H27N3O2S. The first-order chi connectivity index (χ1) is 13.3. The van der Waals surface area contributed by atoms with Crippen LogP contribution in [0.25, 0.3) is 22.9 Å². The average Bonchev–Trinajstić information content (AvgIpc) is 3.16. The zero-order valence-corrected chi connectivity index (χ0v) is 17.8. The van der Waals surface area contributed by atoms with E-state index in [2.05, 4.69) is 28.8 Å². The predicted octanol–water partition coefficient (Wildman–Crippen LogP) is 5.15. The van der Waals surface area contributed by atoms with Gasteiger partial charge in [-0.3, -0.25) is 0 Å².